The van der Waals surface area contributed by atoms with Gasteiger partial charge in [0.05, 0.1) is 26.4 Å². The fourth-order valence-electron chi connectivity index (χ4n) is 11.8. The Morgan fingerprint density at radius 1 is 0.302 bits per heavy atom. The van der Waals surface area contributed by atoms with Crippen molar-refractivity contribution >= 4 is 39.5 Å². The molecule has 3 unspecified atom stereocenters. The summed E-state index contributed by atoms with van der Waals surface area (Å²) in [6, 6.07) is 0. The molecule has 0 heterocycles. The maximum atomic E-state index is 13.1. The van der Waals surface area contributed by atoms with Crippen LogP contribution in [0.2, 0.25) is 0 Å². The van der Waals surface area contributed by atoms with E-state index in [-0.39, 0.29) is 25.7 Å². The molecule has 0 fully saturated rings. The lowest BCUT2D eigenvalue weighted by Crippen LogP contribution is -2.30. The molecular formula is C77H150O17P2. The largest absolute Gasteiger partial charge is 0.472 e. The summed E-state index contributed by atoms with van der Waals surface area (Å²) >= 11 is 0. The van der Waals surface area contributed by atoms with E-state index in [9.17, 15) is 43.2 Å². The first kappa shape index (κ1) is 94.1. The molecular weight excluding hydrogens is 1260 g/mol. The molecule has 0 spiro atoms. The fraction of sp³-hybridized carbons (Fsp3) is 0.948. The zero-order valence-electron chi connectivity index (χ0n) is 62.7. The Balaban J connectivity index is 5.26. The number of ether oxygens (including phenoxy) is 4. The third-order valence-electron chi connectivity index (χ3n) is 18.3. The molecule has 0 radical (unpaired) electrons. The molecule has 96 heavy (non-hydrogen) atoms. The molecule has 570 valence electrons. The fourth-order valence-corrected chi connectivity index (χ4v) is 13.4. The van der Waals surface area contributed by atoms with E-state index < -0.39 is 97.5 Å². The summed E-state index contributed by atoms with van der Waals surface area (Å²) < 4.78 is 68.6. The molecule has 0 rings (SSSR count). The normalized spacial score (nSPS) is 14.3. The third kappa shape index (κ3) is 69.2. The molecule has 17 nitrogen and oxygen atoms in total. The molecule has 6 atom stereocenters. The summed E-state index contributed by atoms with van der Waals surface area (Å²) in [7, 11) is -9.91. The summed E-state index contributed by atoms with van der Waals surface area (Å²) in [6.45, 7) is 9.59. The van der Waals surface area contributed by atoms with Gasteiger partial charge in [-0.3, -0.25) is 37.3 Å². The van der Waals surface area contributed by atoms with E-state index in [4.69, 9.17) is 37.0 Å². The molecule has 0 saturated carbocycles. The monoisotopic (exact) mass is 1410 g/mol. The number of rotatable bonds is 76. The Morgan fingerprint density at radius 3 is 0.792 bits per heavy atom. The van der Waals surface area contributed by atoms with Crippen molar-refractivity contribution in [3.8, 4) is 0 Å². The van der Waals surface area contributed by atoms with Crippen LogP contribution < -0.4 is 0 Å². The standard InChI is InChI=1S/C77H150O17P2/c1-7-10-12-14-16-18-20-22-24-26-28-30-34-41-47-53-59-74(79)87-65-72(93-76(81)61-55-49-43-35-31-29-27-25-23-21-19-17-15-13-11-8-2)67-91-95(83,84)89-63-71(78)64-90-96(85,86)92-68-73(94-77(82)62-56-50-44-36-32-33-39-45-51-57-69(4)5)66-88-75(80)60-54-48-42-38-37-40-46-52-58-70(6)9-3/h69-73,78H,7-68H2,1-6H3,(H,83,84)(H,85,86)/t70?,71-,72-,73-/m1/s1. The second-order valence-corrected chi connectivity index (χ2v) is 31.4. The van der Waals surface area contributed by atoms with Crippen LogP contribution in [0.4, 0.5) is 0 Å². The van der Waals surface area contributed by atoms with Gasteiger partial charge < -0.3 is 33.8 Å². The van der Waals surface area contributed by atoms with Crippen molar-refractivity contribution in [2.75, 3.05) is 39.6 Å². The second kappa shape index (κ2) is 68.8. The molecule has 0 bridgehead atoms. The Bertz CT molecular complexity index is 1860. The smallest absolute Gasteiger partial charge is 0.462 e. The van der Waals surface area contributed by atoms with Crippen molar-refractivity contribution in [2.24, 2.45) is 11.8 Å². The summed E-state index contributed by atoms with van der Waals surface area (Å²) in [5, 5.41) is 10.6. The van der Waals surface area contributed by atoms with E-state index in [2.05, 4.69) is 41.5 Å². The van der Waals surface area contributed by atoms with Gasteiger partial charge in [0.15, 0.2) is 12.2 Å². The van der Waals surface area contributed by atoms with Crippen LogP contribution in [0.25, 0.3) is 0 Å². The Morgan fingerprint density at radius 2 is 0.531 bits per heavy atom. The van der Waals surface area contributed by atoms with E-state index in [1.54, 1.807) is 0 Å². The zero-order chi connectivity index (χ0) is 70.7. The second-order valence-electron chi connectivity index (χ2n) is 28.5. The predicted molar refractivity (Wildman–Crippen MR) is 391 cm³/mol. The van der Waals surface area contributed by atoms with Crippen molar-refractivity contribution < 1.29 is 80.2 Å². The van der Waals surface area contributed by atoms with Crippen LogP contribution in [-0.4, -0.2) is 96.7 Å². The highest BCUT2D eigenvalue weighted by atomic mass is 31.2. The van der Waals surface area contributed by atoms with Gasteiger partial charge in [0.1, 0.15) is 19.3 Å². The lowest BCUT2D eigenvalue weighted by Gasteiger charge is -2.21. The van der Waals surface area contributed by atoms with E-state index >= 15 is 0 Å². The van der Waals surface area contributed by atoms with Crippen LogP contribution >= 0.6 is 15.6 Å². The molecule has 0 aliphatic rings. The van der Waals surface area contributed by atoms with Crippen LogP contribution in [0, 0.1) is 11.8 Å². The highest BCUT2D eigenvalue weighted by Gasteiger charge is 2.30. The van der Waals surface area contributed by atoms with E-state index in [0.717, 1.165) is 102 Å². The Hall–Kier alpha value is -1.94. The molecule has 0 aliphatic heterocycles. The SMILES string of the molecule is CCCCCCCCCCCCCCCCCCC(=O)OC[C@H](COP(=O)(O)OC[C@@H](O)COP(=O)(O)OC[C@@H](COC(=O)CCCCCCCCCCC(C)CC)OC(=O)CCCCCCCCCCCC(C)C)OC(=O)CCCCCCCCCCCCCCCCCC. The minimum Gasteiger partial charge on any atom is -0.462 e. The number of unbranched alkanes of at least 4 members (excludes halogenated alkanes) is 45. The molecule has 0 aromatic rings. The number of aliphatic hydroxyl groups is 1. The van der Waals surface area contributed by atoms with Gasteiger partial charge >= 0.3 is 39.5 Å². The number of carbonyl (C=O) groups is 4. The number of hydrogen-bond acceptors (Lipinski definition) is 15. The van der Waals surface area contributed by atoms with Gasteiger partial charge in [0.25, 0.3) is 0 Å². The van der Waals surface area contributed by atoms with E-state index in [1.807, 2.05) is 0 Å². The minimum atomic E-state index is -4.96. The van der Waals surface area contributed by atoms with E-state index in [1.165, 1.54) is 218 Å². The van der Waals surface area contributed by atoms with Gasteiger partial charge in [-0.15, -0.1) is 0 Å². The first-order valence-electron chi connectivity index (χ1n) is 40.0. The van der Waals surface area contributed by atoms with Crippen molar-refractivity contribution in [2.45, 2.75) is 419 Å². The molecule has 0 saturated heterocycles. The summed E-state index contributed by atoms with van der Waals surface area (Å²) in [6.07, 6.45) is 56.8. The van der Waals surface area contributed by atoms with Gasteiger partial charge in [-0.05, 0) is 37.5 Å². The summed E-state index contributed by atoms with van der Waals surface area (Å²) in [5.41, 5.74) is 0. The number of hydrogen-bond donors (Lipinski definition) is 3. The van der Waals surface area contributed by atoms with Crippen molar-refractivity contribution in [1.29, 1.82) is 0 Å². The Kier molecular flexibility index (Phi) is 67.4. The third-order valence-corrected chi connectivity index (χ3v) is 20.2. The summed E-state index contributed by atoms with van der Waals surface area (Å²) in [5.74, 6) is -0.599. The van der Waals surface area contributed by atoms with Gasteiger partial charge in [-0.1, -0.05) is 350 Å². The minimum absolute atomic E-state index is 0.105. The first-order chi connectivity index (χ1) is 46.4. The first-order valence-corrected chi connectivity index (χ1v) is 43.0. The maximum Gasteiger partial charge on any atom is 0.472 e. The lowest BCUT2D eigenvalue weighted by molar-refractivity contribution is -0.161. The molecule has 0 aliphatic carbocycles. The topological polar surface area (TPSA) is 237 Å². The number of phosphoric acid groups is 2. The molecule has 0 aromatic carbocycles. The van der Waals surface area contributed by atoms with Crippen molar-refractivity contribution in [1.82, 2.24) is 0 Å². The lowest BCUT2D eigenvalue weighted by atomic mass is 9.99. The highest BCUT2D eigenvalue weighted by molar-refractivity contribution is 7.47. The van der Waals surface area contributed by atoms with Crippen LogP contribution in [-0.2, 0) is 65.4 Å². The van der Waals surface area contributed by atoms with Gasteiger partial charge in [-0.2, -0.15) is 0 Å². The number of carbonyl (C=O) groups excluding carboxylic acids is 4. The Labute approximate surface area is 588 Å². The average Bonchev–Trinajstić information content (AvgIpc) is 1.58. The van der Waals surface area contributed by atoms with E-state index in [0.29, 0.717) is 25.7 Å². The van der Waals surface area contributed by atoms with Crippen LogP contribution in [0.1, 0.15) is 401 Å². The quantitative estimate of drug-likeness (QED) is 0.0222. The number of aliphatic hydroxyl groups excluding tert-OH is 1. The van der Waals surface area contributed by atoms with Crippen LogP contribution in [0.3, 0.4) is 0 Å². The van der Waals surface area contributed by atoms with Gasteiger partial charge in [0, 0.05) is 25.7 Å². The number of esters is 4. The van der Waals surface area contributed by atoms with Crippen LogP contribution in [0.15, 0.2) is 0 Å². The van der Waals surface area contributed by atoms with Gasteiger partial charge in [0.2, 0.25) is 0 Å². The average molecular weight is 1410 g/mol. The summed E-state index contributed by atoms with van der Waals surface area (Å²) in [4.78, 5) is 72.9. The van der Waals surface area contributed by atoms with Crippen molar-refractivity contribution in [3.05, 3.63) is 0 Å². The number of phosphoric ester groups is 2. The van der Waals surface area contributed by atoms with Gasteiger partial charge in [-0.25, -0.2) is 9.13 Å². The maximum absolute atomic E-state index is 13.1. The molecule has 19 heteroatoms. The molecule has 3 N–H and O–H groups in total. The molecule has 0 aromatic heterocycles. The zero-order valence-corrected chi connectivity index (χ0v) is 64.5. The van der Waals surface area contributed by atoms with Crippen molar-refractivity contribution in [3.63, 3.8) is 0 Å². The molecule has 0 amide bonds. The van der Waals surface area contributed by atoms with Crippen LogP contribution in [0.5, 0.6) is 0 Å². The highest BCUT2D eigenvalue weighted by Crippen LogP contribution is 2.45. The predicted octanol–water partition coefficient (Wildman–Crippen LogP) is 22.7.